The molecule has 1 aliphatic carbocycles. The Bertz CT molecular complexity index is 797. The Labute approximate surface area is 170 Å². The summed E-state index contributed by atoms with van der Waals surface area (Å²) in [4.78, 5) is 18.4. The number of ketones is 1. The highest BCUT2D eigenvalue weighted by Gasteiger charge is 2.23. The Hall–Kier alpha value is -1.46. The Morgan fingerprint density at radius 3 is 2.67 bits per heavy atom. The number of anilines is 1. The zero-order chi connectivity index (χ0) is 19.4. The van der Waals surface area contributed by atoms with Gasteiger partial charge in [-0.25, -0.2) is 0 Å². The number of hydrogen-bond donors (Lipinski definition) is 1. The van der Waals surface area contributed by atoms with Crippen molar-refractivity contribution in [3.63, 3.8) is 0 Å². The molecule has 1 aliphatic rings. The van der Waals surface area contributed by atoms with E-state index in [1.807, 2.05) is 18.3 Å². The predicted molar refractivity (Wildman–Crippen MR) is 116 cm³/mol. The average Bonchev–Trinajstić information content (AvgIpc) is 2.62. The molecule has 0 aliphatic heterocycles. The molecule has 0 amide bonds. The predicted octanol–water partition coefficient (Wildman–Crippen LogP) is 5.05. The second-order valence-electron chi connectivity index (χ2n) is 8.15. The molecule has 0 radical (unpaired) electrons. The van der Waals surface area contributed by atoms with Crippen LogP contribution in [-0.4, -0.2) is 42.3 Å². The summed E-state index contributed by atoms with van der Waals surface area (Å²) >= 11 is 3.59. The van der Waals surface area contributed by atoms with Crippen molar-refractivity contribution in [1.82, 2.24) is 9.88 Å². The Kier molecular flexibility index (Phi) is 6.88. The van der Waals surface area contributed by atoms with Crippen LogP contribution < -0.4 is 5.32 Å². The molecular weight excluding hydrogens is 402 g/mol. The molecule has 0 atom stereocenters. The van der Waals surface area contributed by atoms with E-state index < -0.39 is 0 Å². The highest BCUT2D eigenvalue weighted by atomic mass is 79.9. The zero-order valence-corrected chi connectivity index (χ0v) is 18.2. The zero-order valence-electron chi connectivity index (χ0n) is 16.6. The molecule has 0 spiro atoms. The lowest BCUT2D eigenvalue weighted by Crippen LogP contribution is -2.31. The van der Waals surface area contributed by atoms with Gasteiger partial charge in [0.25, 0.3) is 0 Å². The first kappa shape index (κ1) is 20.3. The van der Waals surface area contributed by atoms with Crippen molar-refractivity contribution in [3.05, 3.63) is 34.4 Å². The van der Waals surface area contributed by atoms with Gasteiger partial charge in [0.1, 0.15) is 5.78 Å². The molecule has 1 aromatic carbocycles. The molecule has 0 bridgehead atoms. The Morgan fingerprint density at radius 1 is 1.26 bits per heavy atom. The lowest BCUT2D eigenvalue weighted by atomic mass is 9.85. The minimum absolute atomic E-state index is 0.222. The molecule has 1 aromatic heterocycles. The highest BCUT2D eigenvalue weighted by molar-refractivity contribution is 9.10. The second kappa shape index (κ2) is 9.16. The molecule has 5 heteroatoms. The van der Waals surface area contributed by atoms with Crippen LogP contribution in [0.4, 0.5) is 5.69 Å². The molecule has 2 aromatic rings. The quantitative estimate of drug-likeness (QED) is 0.665. The second-order valence-corrected chi connectivity index (χ2v) is 9.06. The number of aryl methyl sites for hydroxylation is 1. The standard InChI is InChI=1S/C22H30BrN3O/c1-15(27)4-7-17-13-24-21-11-8-18(23)12-20(21)22(17)25-19-9-5-16(6-10-19)14-26(2)3/h8,11-13,16,19H,4-7,9-10,14H2,1-3H3,(H,24,25). The minimum Gasteiger partial charge on any atom is -0.381 e. The van der Waals surface area contributed by atoms with Crippen molar-refractivity contribution >= 4 is 38.3 Å². The van der Waals surface area contributed by atoms with Crippen LogP contribution in [0.1, 0.15) is 44.6 Å². The van der Waals surface area contributed by atoms with Gasteiger partial charge in [0.15, 0.2) is 0 Å². The van der Waals surface area contributed by atoms with Crippen molar-refractivity contribution in [1.29, 1.82) is 0 Å². The number of carbonyl (C=O) groups is 1. The first-order valence-electron chi connectivity index (χ1n) is 9.90. The normalized spacial score (nSPS) is 20.2. The van der Waals surface area contributed by atoms with Gasteiger partial charge in [0.05, 0.1) is 5.52 Å². The monoisotopic (exact) mass is 431 g/mol. The number of benzene rings is 1. The third kappa shape index (κ3) is 5.52. The number of aromatic nitrogens is 1. The number of rotatable bonds is 7. The topological polar surface area (TPSA) is 45.2 Å². The van der Waals surface area contributed by atoms with Crippen LogP contribution in [0.2, 0.25) is 0 Å². The summed E-state index contributed by atoms with van der Waals surface area (Å²) in [5, 5.41) is 4.97. The first-order valence-corrected chi connectivity index (χ1v) is 10.7. The van der Waals surface area contributed by atoms with Crippen molar-refractivity contribution in [2.45, 2.75) is 51.5 Å². The number of nitrogens with one attached hydrogen (secondary N) is 1. The number of hydrogen-bond acceptors (Lipinski definition) is 4. The summed E-state index contributed by atoms with van der Waals surface area (Å²) in [5.41, 5.74) is 3.30. The van der Waals surface area contributed by atoms with E-state index in [0.717, 1.165) is 33.3 Å². The third-order valence-electron chi connectivity index (χ3n) is 5.47. The average molecular weight is 432 g/mol. The fourth-order valence-electron chi connectivity index (χ4n) is 4.09. The van der Waals surface area contributed by atoms with Gasteiger partial charge in [0.2, 0.25) is 0 Å². The number of fused-ring (bicyclic) bond motifs is 1. The first-order chi connectivity index (χ1) is 12.9. The molecule has 0 unspecified atom stereocenters. The number of Topliss-reactive ketones (excluding diaryl/α,β-unsaturated/α-hetero) is 1. The molecular formula is C22H30BrN3O. The van der Waals surface area contributed by atoms with E-state index in [1.165, 1.54) is 37.9 Å². The third-order valence-corrected chi connectivity index (χ3v) is 5.97. The van der Waals surface area contributed by atoms with Crippen LogP contribution in [0.3, 0.4) is 0 Å². The van der Waals surface area contributed by atoms with Gasteiger partial charge < -0.3 is 15.0 Å². The van der Waals surface area contributed by atoms with Gasteiger partial charge in [-0.2, -0.15) is 0 Å². The van der Waals surface area contributed by atoms with Crippen molar-refractivity contribution in [2.24, 2.45) is 5.92 Å². The fraction of sp³-hybridized carbons (Fsp3) is 0.545. The molecule has 4 nitrogen and oxygen atoms in total. The van der Waals surface area contributed by atoms with E-state index in [0.29, 0.717) is 12.5 Å². The molecule has 27 heavy (non-hydrogen) atoms. The van der Waals surface area contributed by atoms with E-state index in [2.05, 4.69) is 51.3 Å². The maximum Gasteiger partial charge on any atom is 0.130 e. The number of carbonyl (C=O) groups excluding carboxylic acids is 1. The molecule has 146 valence electrons. The van der Waals surface area contributed by atoms with Gasteiger partial charge in [-0.05, 0) is 82.8 Å². The van der Waals surface area contributed by atoms with Gasteiger partial charge in [-0.15, -0.1) is 0 Å². The van der Waals surface area contributed by atoms with Crippen LogP contribution in [-0.2, 0) is 11.2 Å². The van der Waals surface area contributed by atoms with Crippen LogP contribution >= 0.6 is 15.9 Å². The molecule has 1 saturated carbocycles. The summed E-state index contributed by atoms with van der Waals surface area (Å²) < 4.78 is 1.05. The summed E-state index contributed by atoms with van der Waals surface area (Å²) in [6.45, 7) is 2.84. The molecule has 1 fully saturated rings. The van der Waals surface area contributed by atoms with Crippen LogP contribution in [0.15, 0.2) is 28.9 Å². The lowest BCUT2D eigenvalue weighted by Gasteiger charge is -2.32. The molecule has 1 N–H and O–H groups in total. The molecule has 1 heterocycles. The molecule has 0 saturated heterocycles. The van der Waals surface area contributed by atoms with Crippen LogP contribution in [0.5, 0.6) is 0 Å². The summed E-state index contributed by atoms with van der Waals surface area (Å²) in [5.74, 6) is 1.03. The van der Waals surface area contributed by atoms with E-state index in [9.17, 15) is 4.79 Å². The van der Waals surface area contributed by atoms with E-state index >= 15 is 0 Å². The molecule has 3 rings (SSSR count). The maximum absolute atomic E-state index is 11.5. The van der Waals surface area contributed by atoms with Crippen molar-refractivity contribution in [3.8, 4) is 0 Å². The van der Waals surface area contributed by atoms with Crippen molar-refractivity contribution < 1.29 is 4.79 Å². The van der Waals surface area contributed by atoms with Gasteiger partial charge in [0, 0.05) is 40.8 Å². The lowest BCUT2D eigenvalue weighted by molar-refractivity contribution is -0.116. The van der Waals surface area contributed by atoms with Gasteiger partial charge in [-0.1, -0.05) is 15.9 Å². The van der Waals surface area contributed by atoms with E-state index in [-0.39, 0.29) is 5.78 Å². The largest absolute Gasteiger partial charge is 0.381 e. The number of pyridine rings is 1. The summed E-state index contributed by atoms with van der Waals surface area (Å²) in [7, 11) is 4.32. The maximum atomic E-state index is 11.5. The van der Waals surface area contributed by atoms with Crippen LogP contribution in [0, 0.1) is 5.92 Å². The minimum atomic E-state index is 0.222. The van der Waals surface area contributed by atoms with Gasteiger partial charge in [-0.3, -0.25) is 4.98 Å². The number of nitrogens with zero attached hydrogens (tertiary/aromatic N) is 2. The van der Waals surface area contributed by atoms with Crippen molar-refractivity contribution in [2.75, 3.05) is 26.0 Å². The smallest absolute Gasteiger partial charge is 0.130 e. The van der Waals surface area contributed by atoms with E-state index in [4.69, 9.17) is 0 Å². The van der Waals surface area contributed by atoms with Crippen LogP contribution in [0.25, 0.3) is 10.9 Å². The summed E-state index contributed by atoms with van der Waals surface area (Å²) in [6.07, 6.45) is 8.18. The SMILES string of the molecule is CC(=O)CCc1cnc2ccc(Br)cc2c1NC1CCC(CN(C)C)CC1. The van der Waals surface area contributed by atoms with E-state index in [1.54, 1.807) is 6.92 Å². The number of halogens is 1. The Morgan fingerprint density at radius 2 is 2.00 bits per heavy atom. The summed E-state index contributed by atoms with van der Waals surface area (Å²) in [6, 6.07) is 6.71. The highest BCUT2D eigenvalue weighted by Crippen LogP contribution is 2.33. The fourth-order valence-corrected chi connectivity index (χ4v) is 4.45. The van der Waals surface area contributed by atoms with Gasteiger partial charge >= 0.3 is 0 Å². The Balaban J connectivity index is 1.81.